The number of amides is 1. The van der Waals surface area contributed by atoms with Gasteiger partial charge in [-0.1, -0.05) is 226 Å². The van der Waals surface area contributed by atoms with Crippen molar-refractivity contribution >= 4 is 5.91 Å². The molecule has 0 spiro atoms. The number of carbonyl (C=O) groups is 1. The summed E-state index contributed by atoms with van der Waals surface area (Å²) in [6.45, 7) is 3.63. The van der Waals surface area contributed by atoms with Crippen LogP contribution in [-0.4, -0.2) is 87.5 Å². The van der Waals surface area contributed by atoms with Crippen LogP contribution in [0, 0.1) is 0 Å². The summed E-state index contributed by atoms with van der Waals surface area (Å²) >= 11 is 0. The highest BCUT2D eigenvalue weighted by Crippen LogP contribution is 2.23. The van der Waals surface area contributed by atoms with Gasteiger partial charge in [0.1, 0.15) is 24.4 Å². The van der Waals surface area contributed by atoms with Crippen molar-refractivity contribution in [3.8, 4) is 0 Å². The average Bonchev–Trinajstić information content (AvgIpc) is 3.37. The number of hydrogen-bond acceptors (Lipinski definition) is 8. The molecule has 9 nitrogen and oxygen atoms in total. The molecule has 6 N–H and O–H groups in total. The van der Waals surface area contributed by atoms with Gasteiger partial charge in [-0.2, -0.15) is 0 Å². The van der Waals surface area contributed by atoms with Gasteiger partial charge in [0, 0.05) is 6.42 Å². The van der Waals surface area contributed by atoms with E-state index in [-0.39, 0.29) is 12.5 Å². The molecule has 406 valence electrons. The lowest BCUT2D eigenvalue weighted by molar-refractivity contribution is -0.302. The van der Waals surface area contributed by atoms with Gasteiger partial charge in [0.15, 0.2) is 6.29 Å². The largest absolute Gasteiger partial charge is 0.394 e. The van der Waals surface area contributed by atoms with Crippen LogP contribution in [-0.2, 0) is 14.3 Å². The van der Waals surface area contributed by atoms with Crippen molar-refractivity contribution in [3.05, 3.63) is 109 Å². The van der Waals surface area contributed by atoms with Gasteiger partial charge in [0.05, 0.1) is 25.4 Å². The predicted octanol–water partition coefficient (Wildman–Crippen LogP) is 14.2. The van der Waals surface area contributed by atoms with E-state index < -0.39 is 49.5 Å². The number of aliphatic hydroxyl groups is 5. The summed E-state index contributed by atoms with van der Waals surface area (Å²) in [6.07, 6.45) is 67.1. The number of nitrogens with one attached hydrogen (secondary N) is 1. The van der Waals surface area contributed by atoms with E-state index in [9.17, 15) is 30.3 Å². The zero-order valence-corrected chi connectivity index (χ0v) is 44.9. The Kier molecular flexibility index (Phi) is 46.7. The molecule has 1 saturated heterocycles. The normalized spacial score (nSPS) is 20.1. The first-order valence-electron chi connectivity index (χ1n) is 28.6. The highest BCUT2D eigenvalue weighted by molar-refractivity contribution is 5.76. The second-order valence-corrected chi connectivity index (χ2v) is 19.3. The summed E-state index contributed by atoms with van der Waals surface area (Å²) in [7, 11) is 0. The molecule has 71 heavy (non-hydrogen) atoms. The second-order valence-electron chi connectivity index (χ2n) is 19.3. The van der Waals surface area contributed by atoms with Gasteiger partial charge in [-0.15, -0.1) is 0 Å². The maximum Gasteiger partial charge on any atom is 0.220 e. The monoisotopic (exact) mass is 992 g/mol. The number of aliphatic hydroxyl groups excluding tert-OH is 5. The van der Waals surface area contributed by atoms with Crippen molar-refractivity contribution < 1.29 is 39.8 Å². The summed E-state index contributed by atoms with van der Waals surface area (Å²) in [5, 5.41) is 54.5. The minimum absolute atomic E-state index is 0.204. The molecule has 1 aliphatic heterocycles. The van der Waals surface area contributed by atoms with E-state index in [1.54, 1.807) is 6.08 Å². The van der Waals surface area contributed by atoms with Gasteiger partial charge < -0.3 is 40.3 Å². The predicted molar refractivity (Wildman–Crippen MR) is 299 cm³/mol. The second kappa shape index (κ2) is 50.4. The first-order chi connectivity index (χ1) is 34.8. The Morgan fingerprint density at radius 2 is 0.887 bits per heavy atom. The molecule has 1 aliphatic rings. The van der Waals surface area contributed by atoms with Gasteiger partial charge in [-0.05, 0) is 96.3 Å². The van der Waals surface area contributed by atoms with Crippen molar-refractivity contribution in [2.75, 3.05) is 13.2 Å². The van der Waals surface area contributed by atoms with E-state index in [0.29, 0.717) is 6.42 Å². The zero-order chi connectivity index (χ0) is 51.5. The molecule has 1 fully saturated rings. The summed E-state index contributed by atoms with van der Waals surface area (Å²) in [5.74, 6) is -0.204. The molecule has 0 aromatic rings. The summed E-state index contributed by atoms with van der Waals surface area (Å²) in [4.78, 5) is 13.1. The number of unbranched alkanes of at least 4 members (excludes halogenated alkanes) is 21. The van der Waals surface area contributed by atoms with Gasteiger partial charge in [0.2, 0.25) is 5.91 Å². The lowest BCUT2D eigenvalue weighted by Gasteiger charge is -2.40. The minimum atomic E-state index is -1.58. The van der Waals surface area contributed by atoms with Gasteiger partial charge in [-0.25, -0.2) is 0 Å². The first kappa shape index (κ1) is 65.9. The molecule has 0 bridgehead atoms. The third-order valence-electron chi connectivity index (χ3n) is 12.8. The van der Waals surface area contributed by atoms with Crippen molar-refractivity contribution in [1.82, 2.24) is 5.32 Å². The lowest BCUT2D eigenvalue weighted by Crippen LogP contribution is -2.60. The van der Waals surface area contributed by atoms with Crippen LogP contribution in [0.1, 0.15) is 219 Å². The van der Waals surface area contributed by atoms with Gasteiger partial charge >= 0.3 is 0 Å². The molecule has 9 heteroatoms. The number of hydrogen-bond donors (Lipinski definition) is 6. The number of allylic oxidation sites excluding steroid dienone is 17. The van der Waals surface area contributed by atoms with E-state index in [1.807, 2.05) is 6.08 Å². The van der Waals surface area contributed by atoms with E-state index in [0.717, 1.165) is 103 Å². The van der Waals surface area contributed by atoms with E-state index >= 15 is 0 Å². The number of rotatable bonds is 47. The maximum atomic E-state index is 13.1. The van der Waals surface area contributed by atoms with Crippen molar-refractivity contribution in [1.29, 1.82) is 0 Å². The molecule has 1 amide bonds. The lowest BCUT2D eigenvalue weighted by atomic mass is 9.99. The first-order valence-corrected chi connectivity index (χ1v) is 28.6. The molecule has 0 aromatic carbocycles. The van der Waals surface area contributed by atoms with Gasteiger partial charge in [0.25, 0.3) is 0 Å². The Balaban J connectivity index is 2.29. The summed E-state index contributed by atoms with van der Waals surface area (Å²) in [6, 6.07) is -0.841. The highest BCUT2D eigenvalue weighted by atomic mass is 16.7. The van der Waals surface area contributed by atoms with Crippen LogP contribution in [0.25, 0.3) is 0 Å². The molecule has 1 rings (SSSR count). The fourth-order valence-corrected chi connectivity index (χ4v) is 8.31. The van der Waals surface area contributed by atoms with Crippen LogP contribution >= 0.6 is 0 Å². The summed E-state index contributed by atoms with van der Waals surface area (Å²) in [5.41, 5.74) is 0. The zero-order valence-electron chi connectivity index (χ0n) is 44.9. The molecule has 0 saturated carbocycles. The van der Waals surface area contributed by atoms with Crippen molar-refractivity contribution in [2.24, 2.45) is 0 Å². The van der Waals surface area contributed by atoms with E-state index in [4.69, 9.17) is 9.47 Å². The maximum absolute atomic E-state index is 13.1. The molecule has 7 atom stereocenters. The molecule has 0 aliphatic carbocycles. The third kappa shape index (κ3) is 40.0. The van der Waals surface area contributed by atoms with Crippen LogP contribution in [0.3, 0.4) is 0 Å². The van der Waals surface area contributed by atoms with Gasteiger partial charge in [-0.3, -0.25) is 4.79 Å². The Bertz CT molecular complexity index is 1480. The van der Waals surface area contributed by atoms with Crippen molar-refractivity contribution in [3.63, 3.8) is 0 Å². The SMILES string of the molecule is CC/C=C\C/C=C\C/C=C\C/C=C\C/C=C\C/C=C\CCCCCCCCCCC(=O)NC(COC1OC(CO)C(O)C(O)C1O)C(O)/C=C/CC/C=C/CC/C=C/CCCCCCCCCCCCC. The Hall–Kier alpha value is -3.15. The molecule has 0 radical (unpaired) electrons. The Morgan fingerprint density at radius 3 is 1.35 bits per heavy atom. The standard InChI is InChI=1S/C62H105NO8/c1-3-5-7-9-11-13-15-17-19-21-23-25-26-27-28-29-30-32-34-36-38-40-42-44-46-48-50-52-58(66)63-55(54-70-62-61(69)60(68)59(67)57(53-64)71-62)56(65)51-49-47-45-43-41-39-37-35-33-31-24-22-20-18-16-14-12-10-8-6-4-2/h5,7,11,13,17,19,23,25,27-28,30,32-33,35,41,43,49,51,55-57,59-62,64-65,67-69H,3-4,6,8-10,12,14-16,18,20-22,24,26,29,31,34,36-40,42,44-48,50,52-54H2,1-2H3,(H,63,66)/b7-5-,13-11-,19-17-,25-23-,28-27-,32-30-,35-33+,43-41+,51-49+. The van der Waals surface area contributed by atoms with Crippen LogP contribution < -0.4 is 5.32 Å². The van der Waals surface area contributed by atoms with E-state index in [2.05, 4.69) is 116 Å². The quantitative estimate of drug-likeness (QED) is 0.0261. The smallest absolute Gasteiger partial charge is 0.220 e. The van der Waals surface area contributed by atoms with Crippen LogP contribution in [0.15, 0.2) is 109 Å². The number of ether oxygens (including phenoxy) is 2. The Labute approximate surface area is 434 Å². The van der Waals surface area contributed by atoms with Crippen molar-refractivity contribution in [2.45, 2.75) is 262 Å². The fraction of sp³-hybridized carbons (Fsp3) is 0.694. The molecule has 0 aromatic heterocycles. The Morgan fingerprint density at radius 1 is 0.493 bits per heavy atom. The minimum Gasteiger partial charge on any atom is -0.394 e. The third-order valence-corrected chi connectivity index (χ3v) is 12.8. The topological polar surface area (TPSA) is 149 Å². The summed E-state index contributed by atoms with van der Waals surface area (Å²) < 4.78 is 11.2. The van der Waals surface area contributed by atoms with Crippen LogP contribution in [0.2, 0.25) is 0 Å². The van der Waals surface area contributed by atoms with E-state index in [1.165, 1.54) is 96.3 Å². The van der Waals surface area contributed by atoms with Crippen LogP contribution in [0.4, 0.5) is 0 Å². The molecule has 1 heterocycles. The molecule has 7 unspecified atom stereocenters. The molecular weight excluding hydrogens is 887 g/mol. The van der Waals surface area contributed by atoms with Crippen LogP contribution in [0.5, 0.6) is 0 Å². The highest BCUT2D eigenvalue weighted by Gasteiger charge is 2.44. The molecular formula is C62H105NO8. The fourth-order valence-electron chi connectivity index (χ4n) is 8.31. The average molecular weight is 993 g/mol. The number of carbonyl (C=O) groups excluding carboxylic acids is 1.